The maximum Gasteiger partial charge on any atom is 0.251 e. The highest BCUT2D eigenvalue weighted by atomic mass is 16.2. The summed E-state index contributed by atoms with van der Waals surface area (Å²) in [6.45, 7) is 5.33. The van der Waals surface area contributed by atoms with Crippen molar-refractivity contribution in [3.63, 3.8) is 0 Å². The number of carbonyl (C=O) groups excluding carboxylic acids is 2. The van der Waals surface area contributed by atoms with E-state index in [-0.39, 0.29) is 23.8 Å². The predicted octanol–water partition coefficient (Wildman–Crippen LogP) is 3.42. The van der Waals surface area contributed by atoms with Crippen LogP contribution in [0.4, 0.5) is 0 Å². The lowest BCUT2D eigenvalue weighted by molar-refractivity contribution is -0.135. The highest BCUT2D eigenvalue weighted by Gasteiger charge is 2.25. The molecule has 1 aliphatic heterocycles. The van der Waals surface area contributed by atoms with Gasteiger partial charge in [0, 0.05) is 47.2 Å². The molecular weight excluding hydrogens is 338 g/mol. The minimum atomic E-state index is -0.00343. The van der Waals surface area contributed by atoms with Gasteiger partial charge in [-0.3, -0.25) is 9.59 Å². The molecule has 1 aromatic carbocycles. The average Bonchev–Trinajstić information content (AvgIpc) is 3.05. The number of nitrogens with one attached hydrogen (secondary N) is 2. The van der Waals surface area contributed by atoms with Crippen molar-refractivity contribution in [1.82, 2.24) is 15.2 Å². The van der Waals surface area contributed by atoms with Crippen molar-refractivity contribution in [2.45, 2.75) is 58.4 Å². The first-order valence-electron chi connectivity index (χ1n) is 10.3. The molecular formula is C22H29N3O2. The maximum atomic E-state index is 12.8. The number of likely N-dealkylation sites (tertiary alicyclic amines) is 1. The molecule has 0 spiro atoms. The fourth-order valence-corrected chi connectivity index (χ4v) is 4.43. The highest BCUT2D eigenvalue weighted by Crippen LogP contribution is 2.29. The Balaban J connectivity index is 1.42. The zero-order valence-corrected chi connectivity index (χ0v) is 16.3. The van der Waals surface area contributed by atoms with Crippen LogP contribution in [0, 0.1) is 5.92 Å². The van der Waals surface area contributed by atoms with Crippen LogP contribution in [-0.4, -0.2) is 40.8 Å². The number of rotatable bonds is 3. The van der Waals surface area contributed by atoms with Crippen LogP contribution < -0.4 is 5.32 Å². The van der Waals surface area contributed by atoms with Gasteiger partial charge in [-0.15, -0.1) is 0 Å². The van der Waals surface area contributed by atoms with E-state index in [1.165, 1.54) is 29.5 Å². The molecule has 0 unspecified atom stereocenters. The Bertz CT molecular complexity index is 860. The number of amides is 2. The molecule has 1 aliphatic carbocycles. The van der Waals surface area contributed by atoms with Crippen molar-refractivity contribution in [3.8, 4) is 0 Å². The number of aryl methyl sites for hydroxylation is 2. The standard InChI is InChI=1S/C22H29N3O2/c1-14(2)22(27)25-11-9-16(10-12-25)23-21(26)15-7-8-20-18(13-15)17-5-3-4-6-19(17)24-20/h7-8,13-14,16,24H,3-6,9-12H2,1-2H3,(H,23,26). The van der Waals surface area contributed by atoms with E-state index in [9.17, 15) is 9.59 Å². The molecule has 1 saturated heterocycles. The second-order valence-corrected chi connectivity index (χ2v) is 8.28. The van der Waals surface area contributed by atoms with Gasteiger partial charge in [0.2, 0.25) is 5.91 Å². The molecule has 1 aromatic heterocycles. The molecule has 2 aliphatic rings. The minimum Gasteiger partial charge on any atom is -0.358 e. The average molecular weight is 367 g/mol. The smallest absolute Gasteiger partial charge is 0.251 e. The molecule has 2 heterocycles. The number of hydrogen-bond acceptors (Lipinski definition) is 2. The highest BCUT2D eigenvalue weighted by molar-refractivity contribution is 5.99. The molecule has 2 amide bonds. The topological polar surface area (TPSA) is 65.2 Å². The number of benzene rings is 1. The molecule has 2 aromatic rings. The summed E-state index contributed by atoms with van der Waals surface area (Å²) in [5.74, 6) is 0.244. The van der Waals surface area contributed by atoms with Gasteiger partial charge in [-0.05, 0) is 62.3 Å². The van der Waals surface area contributed by atoms with Crippen molar-refractivity contribution in [2.24, 2.45) is 5.92 Å². The van der Waals surface area contributed by atoms with E-state index in [1.807, 2.05) is 36.9 Å². The molecule has 0 radical (unpaired) electrons. The van der Waals surface area contributed by atoms with Gasteiger partial charge < -0.3 is 15.2 Å². The van der Waals surface area contributed by atoms with E-state index < -0.39 is 0 Å². The second kappa shape index (κ2) is 7.37. The Kier molecular flexibility index (Phi) is 4.94. The minimum absolute atomic E-state index is 0.00343. The molecule has 5 nitrogen and oxygen atoms in total. The van der Waals surface area contributed by atoms with E-state index in [0.29, 0.717) is 0 Å². The summed E-state index contributed by atoms with van der Waals surface area (Å²) in [5.41, 5.74) is 4.61. The van der Waals surface area contributed by atoms with Crippen molar-refractivity contribution >= 4 is 22.7 Å². The Morgan fingerprint density at radius 2 is 1.89 bits per heavy atom. The normalized spacial score (nSPS) is 18.0. The molecule has 0 atom stereocenters. The zero-order chi connectivity index (χ0) is 19.0. The first kappa shape index (κ1) is 18.1. The second-order valence-electron chi connectivity index (χ2n) is 8.28. The zero-order valence-electron chi connectivity index (χ0n) is 16.3. The maximum absolute atomic E-state index is 12.8. The van der Waals surface area contributed by atoms with Crippen molar-refractivity contribution in [3.05, 3.63) is 35.0 Å². The summed E-state index contributed by atoms with van der Waals surface area (Å²) < 4.78 is 0. The number of aromatic nitrogens is 1. The molecule has 4 rings (SSSR count). The lowest BCUT2D eigenvalue weighted by Gasteiger charge is -2.33. The molecule has 144 valence electrons. The summed E-state index contributed by atoms with van der Waals surface area (Å²) in [5, 5.41) is 4.38. The molecule has 2 N–H and O–H groups in total. The fraction of sp³-hybridized carbons (Fsp3) is 0.545. The van der Waals surface area contributed by atoms with Gasteiger partial charge >= 0.3 is 0 Å². The largest absolute Gasteiger partial charge is 0.358 e. The van der Waals surface area contributed by atoms with E-state index in [0.717, 1.165) is 49.9 Å². The van der Waals surface area contributed by atoms with Crippen LogP contribution in [0.25, 0.3) is 10.9 Å². The third-order valence-corrected chi connectivity index (χ3v) is 6.00. The van der Waals surface area contributed by atoms with Crippen molar-refractivity contribution in [2.75, 3.05) is 13.1 Å². The van der Waals surface area contributed by atoms with Gasteiger partial charge in [0.05, 0.1) is 0 Å². The first-order chi connectivity index (χ1) is 13.0. The van der Waals surface area contributed by atoms with Crippen molar-refractivity contribution in [1.29, 1.82) is 0 Å². The van der Waals surface area contributed by atoms with Crippen LogP contribution in [0.5, 0.6) is 0 Å². The number of nitrogens with zero attached hydrogens (tertiary/aromatic N) is 1. The van der Waals surface area contributed by atoms with Crippen LogP contribution in [0.2, 0.25) is 0 Å². The first-order valence-corrected chi connectivity index (χ1v) is 10.3. The number of H-pyrrole nitrogens is 1. The number of aromatic amines is 1. The number of fused-ring (bicyclic) bond motifs is 3. The summed E-state index contributed by atoms with van der Waals surface area (Å²) >= 11 is 0. The van der Waals surface area contributed by atoms with E-state index >= 15 is 0 Å². The quantitative estimate of drug-likeness (QED) is 0.873. The van der Waals surface area contributed by atoms with Crippen LogP contribution in [0.15, 0.2) is 18.2 Å². The van der Waals surface area contributed by atoms with Crippen LogP contribution in [0.3, 0.4) is 0 Å². The number of piperidine rings is 1. The lowest BCUT2D eigenvalue weighted by atomic mass is 9.95. The van der Waals surface area contributed by atoms with Gasteiger partial charge in [-0.1, -0.05) is 13.8 Å². The molecule has 5 heteroatoms. The Morgan fingerprint density at radius 3 is 2.63 bits per heavy atom. The van der Waals surface area contributed by atoms with Gasteiger partial charge in [0.25, 0.3) is 5.91 Å². The van der Waals surface area contributed by atoms with Gasteiger partial charge in [0.15, 0.2) is 0 Å². The molecule has 1 fully saturated rings. The monoisotopic (exact) mass is 367 g/mol. The summed E-state index contributed by atoms with van der Waals surface area (Å²) in [4.78, 5) is 30.3. The van der Waals surface area contributed by atoms with E-state index in [2.05, 4.69) is 10.3 Å². The van der Waals surface area contributed by atoms with Gasteiger partial charge in [0.1, 0.15) is 0 Å². The number of hydrogen-bond donors (Lipinski definition) is 2. The van der Waals surface area contributed by atoms with Crippen molar-refractivity contribution < 1.29 is 9.59 Å². The SMILES string of the molecule is CC(C)C(=O)N1CCC(NC(=O)c2ccc3[nH]c4c(c3c2)CCCC4)CC1. The van der Waals surface area contributed by atoms with E-state index in [4.69, 9.17) is 0 Å². The Labute approximate surface area is 160 Å². The van der Waals surface area contributed by atoms with Gasteiger partial charge in [-0.2, -0.15) is 0 Å². The predicted molar refractivity (Wildman–Crippen MR) is 107 cm³/mol. The lowest BCUT2D eigenvalue weighted by Crippen LogP contribution is -2.47. The molecule has 27 heavy (non-hydrogen) atoms. The van der Waals surface area contributed by atoms with E-state index in [1.54, 1.807) is 0 Å². The van der Waals surface area contributed by atoms with Gasteiger partial charge in [-0.25, -0.2) is 0 Å². The summed E-state index contributed by atoms with van der Waals surface area (Å²) in [6.07, 6.45) is 6.33. The third-order valence-electron chi connectivity index (χ3n) is 6.00. The summed E-state index contributed by atoms with van der Waals surface area (Å²) in [6, 6.07) is 6.14. The Morgan fingerprint density at radius 1 is 1.15 bits per heavy atom. The summed E-state index contributed by atoms with van der Waals surface area (Å²) in [7, 11) is 0. The van der Waals surface area contributed by atoms with Crippen LogP contribution in [0.1, 0.15) is 61.1 Å². The molecule has 0 saturated carbocycles. The third kappa shape index (κ3) is 3.60. The van der Waals surface area contributed by atoms with Crippen LogP contribution in [-0.2, 0) is 17.6 Å². The Hall–Kier alpha value is -2.30. The fourth-order valence-electron chi connectivity index (χ4n) is 4.43. The number of carbonyl (C=O) groups is 2. The molecule has 0 bridgehead atoms. The van der Waals surface area contributed by atoms with Crippen LogP contribution >= 0.6 is 0 Å².